The van der Waals surface area contributed by atoms with E-state index >= 15 is 0 Å². The Hall–Kier alpha value is -0.530. The first kappa shape index (κ1) is 8.09. The molecule has 0 saturated heterocycles. The molecule has 2 heteroatoms. The first-order chi connectivity index (χ1) is 5.67. The number of carboxylic acids is 1. The van der Waals surface area contributed by atoms with Crippen LogP contribution in [0.15, 0.2) is 0 Å². The highest BCUT2D eigenvalue weighted by atomic mass is 16.4. The Morgan fingerprint density at radius 2 is 1.75 bits per heavy atom. The molecular formula is C10H16O2. The van der Waals surface area contributed by atoms with Gasteiger partial charge in [-0.3, -0.25) is 4.79 Å². The molecule has 0 aromatic heterocycles. The van der Waals surface area contributed by atoms with Gasteiger partial charge in [-0.15, -0.1) is 0 Å². The molecule has 0 bridgehead atoms. The fourth-order valence-electron chi connectivity index (χ4n) is 2.92. The highest BCUT2D eigenvalue weighted by Gasteiger charge is 2.65. The van der Waals surface area contributed by atoms with Crippen molar-refractivity contribution in [2.24, 2.45) is 17.3 Å². The molecule has 68 valence electrons. The lowest BCUT2D eigenvalue weighted by Crippen LogP contribution is -2.15. The number of carboxylic acid groups (broad SMARTS) is 1. The van der Waals surface area contributed by atoms with Gasteiger partial charge in [-0.2, -0.15) is 0 Å². The maximum Gasteiger partial charge on any atom is 0.309 e. The third-order valence-electron chi connectivity index (χ3n) is 3.91. The van der Waals surface area contributed by atoms with E-state index in [9.17, 15) is 4.79 Å². The highest BCUT2D eigenvalue weighted by Crippen LogP contribution is 2.64. The zero-order chi connectivity index (χ0) is 8.77. The molecule has 12 heavy (non-hydrogen) atoms. The van der Waals surface area contributed by atoms with Crippen LogP contribution in [-0.4, -0.2) is 11.1 Å². The normalized spacial score (nSPS) is 46.1. The van der Waals surface area contributed by atoms with Gasteiger partial charge >= 0.3 is 5.97 Å². The van der Waals surface area contributed by atoms with Crippen LogP contribution in [0.5, 0.6) is 0 Å². The zero-order valence-corrected chi connectivity index (χ0v) is 7.55. The van der Waals surface area contributed by atoms with Crippen LogP contribution < -0.4 is 0 Å². The molecule has 0 spiro atoms. The number of hydrogen-bond donors (Lipinski definition) is 1. The molecule has 0 amide bonds. The third kappa shape index (κ3) is 0.900. The lowest BCUT2D eigenvalue weighted by atomic mass is 9.99. The molecular weight excluding hydrogens is 152 g/mol. The SMILES string of the molecule is CC1(C(=O)O)C2CCCCCC21. The van der Waals surface area contributed by atoms with Crippen LogP contribution in [0.1, 0.15) is 39.0 Å². The summed E-state index contributed by atoms with van der Waals surface area (Å²) in [6, 6.07) is 0. The highest BCUT2D eigenvalue weighted by molar-refractivity contribution is 5.79. The van der Waals surface area contributed by atoms with Crippen LogP contribution in [-0.2, 0) is 4.79 Å². The molecule has 2 rings (SSSR count). The van der Waals surface area contributed by atoms with Gasteiger partial charge in [0, 0.05) is 0 Å². The molecule has 2 aliphatic carbocycles. The lowest BCUT2D eigenvalue weighted by molar-refractivity contribution is -0.143. The molecule has 2 fully saturated rings. The summed E-state index contributed by atoms with van der Waals surface area (Å²) in [5.74, 6) is 0.425. The summed E-state index contributed by atoms with van der Waals surface area (Å²) in [6.45, 7) is 1.93. The van der Waals surface area contributed by atoms with Crippen molar-refractivity contribution in [1.29, 1.82) is 0 Å². The van der Waals surface area contributed by atoms with E-state index in [0.717, 1.165) is 12.8 Å². The van der Waals surface area contributed by atoms with E-state index in [4.69, 9.17) is 5.11 Å². The monoisotopic (exact) mass is 168 g/mol. The molecule has 0 aromatic carbocycles. The van der Waals surface area contributed by atoms with Crippen molar-refractivity contribution in [2.45, 2.75) is 39.0 Å². The topological polar surface area (TPSA) is 37.3 Å². The summed E-state index contributed by atoms with van der Waals surface area (Å²) in [4.78, 5) is 11.0. The number of hydrogen-bond acceptors (Lipinski definition) is 1. The van der Waals surface area contributed by atoms with Crippen molar-refractivity contribution in [1.82, 2.24) is 0 Å². The zero-order valence-electron chi connectivity index (χ0n) is 7.55. The van der Waals surface area contributed by atoms with E-state index in [1.54, 1.807) is 0 Å². The molecule has 1 N–H and O–H groups in total. The summed E-state index contributed by atoms with van der Waals surface area (Å²) in [6.07, 6.45) is 6.08. The van der Waals surface area contributed by atoms with Crippen LogP contribution in [0, 0.1) is 17.3 Å². The Morgan fingerprint density at radius 3 is 2.17 bits per heavy atom. The standard InChI is InChI=1S/C10H16O2/c1-10(9(11)12)7-5-3-2-4-6-8(7)10/h7-8H,2-6H2,1H3,(H,11,12). The van der Waals surface area contributed by atoms with Crippen molar-refractivity contribution in [3.05, 3.63) is 0 Å². The molecule has 2 aliphatic rings. The molecule has 2 saturated carbocycles. The van der Waals surface area contributed by atoms with Crippen LogP contribution in [0.25, 0.3) is 0 Å². The Bertz CT molecular complexity index is 198. The van der Waals surface area contributed by atoms with Gasteiger partial charge in [0.25, 0.3) is 0 Å². The van der Waals surface area contributed by atoms with Crippen molar-refractivity contribution in [2.75, 3.05) is 0 Å². The molecule has 2 nitrogen and oxygen atoms in total. The summed E-state index contributed by atoms with van der Waals surface area (Å²) >= 11 is 0. The second-order valence-electron chi connectivity index (χ2n) is 4.44. The Balaban J connectivity index is 2.10. The Labute approximate surface area is 73.0 Å². The van der Waals surface area contributed by atoms with Gasteiger partial charge in [0.1, 0.15) is 0 Å². The minimum Gasteiger partial charge on any atom is -0.481 e. The predicted molar refractivity (Wildman–Crippen MR) is 45.8 cm³/mol. The molecule has 2 atom stereocenters. The number of rotatable bonds is 1. The third-order valence-corrected chi connectivity index (χ3v) is 3.91. The number of fused-ring (bicyclic) bond motifs is 1. The number of aliphatic carboxylic acids is 1. The van der Waals surface area contributed by atoms with Crippen LogP contribution in [0.4, 0.5) is 0 Å². The average Bonchev–Trinajstić information content (AvgIpc) is 2.66. The van der Waals surface area contributed by atoms with E-state index in [1.807, 2.05) is 6.92 Å². The van der Waals surface area contributed by atoms with Gasteiger partial charge in [-0.25, -0.2) is 0 Å². The second-order valence-corrected chi connectivity index (χ2v) is 4.44. The molecule has 2 unspecified atom stereocenters. The summed E-state index contributed by atoms with van der Waals surface area (Å²) < 4.78 is 0. The van der Waals surface area contributed by atoms with Crippen molar-refractivity contribution in [3.63, 3.8) is 0 Å². The largest absolute Gasteiger partial charge is 0.481 e. The lowest BCUT2D eigenvalue weighted by Gasteiger charge is -2.07. The van der Waals surface area contributed by atoms with E-state index in [2.05, 4.69) is 0 Å². The van der Waals surface area contributed by atoms with Gasteiger partial charge < -0.3 is 5.11 Å². The van der Waals surface area contributed by atoms with Gasteiger partial charge in [0.15, 0.2) is 0 Å². The number of carbonyl (C=O) groups is 1. The quantitative estimate of drug-likeness (QED) is 0.652. The second kappa shape index (κ2) is 2.48. The van der Waals surface area contributed by atoms with Crippen LogP contribution in [0.2, 0.25) is 0 Å². The minimum absolute atomic E-state index is 0.347. The molecule has 0 aliphatic heterocycles. The van der Waals surface area contributed by atoms with Gasteiger partial charge in [-0.05, 0) is 31.6 Å². The van der Waals surface area contributed by atoms with Crippen molar-refractivity contribution < 1.29 is 9.90 Å². The van der Waals surface area contributed by atoms with Crippen LogP contribution >= 0.6 is 0 Å². The van der Waals surface area contributed by atoms with Gasteiger partial charge in [-0.1, -0.05) is 19.3 Å². The molecule has 0 heterocycles. The maximum absolute atomic E-state index is 11.0. The fraction of sp³-hybridized carbons (Fsp3) is 0.900. The average molecular weight is 168 g/mol. The van der Waals surface area contributed by atoms with E-state index in [1.165, 1.54) is 19.3 Å². The smallest absolute Gasteiger partial charge is 0.309 e. The first-order valence-corrected chi connectivity index (χ1v) is 4.90. The summed E-state index contributed by atoms with van der Waals surface area (Å²) in [5.41, 5.74) is -0.347. The molecule has 0 aromatic rings. The van der Waals surface area contributed by atoms with Crippen molar-refractivity contribution in [3.8, 4) is 0 Å². The van der Waals surface area contributed by atoms with E-state index < -0.39 is 5.97 Å². The van der Waals surface area contributed by atoms with Gasteiger partial charge in [0.2, 0.25) is 0 Å². The first-order valence-electron chi connectivity index (χ1n) is 4.90. The molecule has 0 radical (unpaired) electrons. The Kier molecular flexibility index (Phi) is 1.67. The maximum atomic E-state index is 11.0. The Morgan fingerprint density at radius 1 is 1.25 bits per heavy atom. The minimum atomic E-state index is -0.570. The predicted octanol–water partition coefficient (Wildman–Crippen LogP) is 2.29. The summed E-state index contributed by atoms with van der Waals surface area (Å²) in [5, 5.41) is 9.04. The fourth-order valence-corrected chi connectivity index (χ4v) is 2.92. The van der Waals surface area contributed by atoms with E-state index in [-0.39, 0.29) is 5.41 Å². The van der Waals surface area contributed by atoms with Crippen molar-refractivity contribution >= 4 is 5.97 Å². The van der Waals surface area contributed by atoms with E-state index in [0.29, 0.717) is 11.8 Å². The van der Waals surface area contributed by atoms with Gasteiger partial charge in [0.05, 0.1) is 5.41 Å². The van der Waals surface area contributed by atoms with Crippen LogP contribution in [0.3, 0.4) is 0 Å². The summed E-state index contributed by atoms with van der Waals surface area (Å²) in [7, 11) is 0.